The molecule has 0 bridgehead atoms. The molecule has 0 aliphatic carbocycles. The third-order valence-corrected chi connectivity index (χ3v) is 3.36. The zero-order valence-corrected chi connectivity index (χ0v) is 17.1. The van der Waals surface area contributed by atoms with Gasteiger partial charge in [0.05, 0.1) is 12.8 Å². The summed E-state index contributed by atoms with van der Waals surface area (Å²) < 4.78 is 15.2. The molecule has 2 N–H and O–H groups in total. The number of esters is 1. The van der Waals surface area contributed by atoms with Crippen LogP contribution in [-0.2, 0) is 23.8 Å². The van der Waals surface area contributed by atoms with Gasteiger partial charge in [-0.05, 0) is 41.5 Å². The van der Waals surface area contributed by atoms with Gasteiger partial charge in [0.2, 0.25) is 5.76 Å². The fourth-order valence-corrected chi connectivity index (χ4v) is 2.46. The van der Waals surface area contributed by atoms with Crippen LogP contribution in [0.15, 0.2) is 11.1 Å². The largest absolute Gasteiger partial charge is 0.489 e. The lowest BCUT2D eigenvalue weighted by Crippen LogP contribution is -2.27. The van der Waals surface area contributed by atoms with Gasteiger partial charge in [0, 0.05) is 5.38 Å². The second kappa shape index (κ2) is 8.38. The fourth-order valence-electron chi connectivity index (χ4n) is 1.77. The molecule has 1 aromatic heterocycles. The Balaban J connectivity index is 3.18. The van der Waals surface area contributed by atoms with Gasteiger partial charge in [-0.2, -0.15) is 0 Å². The third-order valence-electron chi connectivity index (χ3n) is 2.60. The average molecular weight is 400 g/mol. The Hall–Kier alpha value is -2.62. The van der Waals surface area contributed by atoms with Crippen LogP contribution in [-0.4, -0.2) is 46.4 Å². The van der Waals surface area contributed by atoms with Crippen molar-refractivity contribution in [2.45, 2.75) is 52.7 Å². The lowest BCUT2D eigenvalue weighted by Gasteiger charge is -2.20. The van der Waals surface area contributed by atoms with E-state index in [0.29, 0.717) is 0 Å². The zero-order valence-electron chi connectivity index (χ0n) is 16.3. The van der Waals surface area contributed by atoms with Crippen molar-refractivity contribution in [3.63, 3.8) is 0 Å². The van der Waals surface area contributed by atoms with Gasteiger partial charge in [-0.15, -0.1) is 11.3 Å². The summed E-state index contributed by atoms with van der Waals surface area (Å²) in [5.41, 5.74) is -2.06. The monoisotopic (exact) mass is 400 g/mol. The molecule has 27 heavy (non-hydrogen) atoms. The van der Waals surface area contributed by atoms with Gasteiger partial charge in [0.25, 0.3) is 0 Å². The maximum absolute atomic E-state index is 12.3. The quantitative estimate of drug-likeness (QED) is 0.438. The normalized spacial score (nSPS) is 12.7. The van der Waals surface area contributed by atoms with Crippen LogP contribution in [0.5, 0.6) is 0 Å². The molecule has 10 heteroatoms. The number of ether oxygens (including phenoxy) is 3. The van der Waals surface area contributed by atoms with Crippen molar-refractivity contribution in [2.24, 2.45) is 0 Å². The molecule has 1 amide bonds. The molecule has 0 aliphatic rings. The van der Waals surface area contributed by atoms with E-state index in [1.807, 2.05) is 0 Å². The summed E-state index contributed by atoms with van der Waals surface area (Å²) in [6, 6.07) is 0. The molecule has 150 valence electrons. The zero-order chi connectivity index (χ0) is 21.0. The molecular formula is C17H24N2O7S. The first-order chi connectivity index (χ1) is 12.2. The van der Waals surface area contributed by atoms with E-state index in [0.717, 1.165) is 18.4 Å². The molecule has 0 aromatic carbocycles. The van der Waals surface area contributed by atoms with E-state index in [1.54, 1.807) is 41.5 Å². The van der Waals surface area contributed by atoms with Crippen LogP contribution in [0.1, 0.15) is 47.2 Å². The molecule has 0 radical (unpaired) electrons. The van der Waals surface area contributed by atoms with Crippen LogP contribution in [0.2, 0.25) is 0 Å². The summed E-state index contributed by atoms with van der Waals surface area (Å²) in [6.45, 7) is 10.0. The van der Waals surface area contributed by atoms with Crippen LogP contribution in [0, 0.1) is 0 Å². The number of aromatic nitrogens is 1. The van der Waals surface area contributed by atoms with Gasteiger partial charge in [0.1, 0.15) is 16.8 Å². The lowest BCUT2D eigenvalue weighted by atomic mass is 10.1. The van der Waals surface area contributed by atoms with E-state index >= 15 is 0 Å². The molecule has 1 rings (SSSR count). The summed E-state index contributed by atoms with van der Waals surface area (Å²) in [6.07, 6.45) is -0.733. The molecule has 0 fully saturated rings. The minimum absolute atomic E-state index is 0.0544. The van der Waals surface area contributed by atoms with Gasteiger partial charge in [-0.25, -0.2) is 19.4 Å². The maximum atomic E-state index is 12.3. The molecule has 0 saturated heterocycles. The van der Waals surface area contributed by atoms with Crippen molar-refractivity contribution in [1.29, 1.82) is 0 Å². The second-order valence-corrected chi connectivity index (χ2v) is 8.24. The van der Waals surface area contributed by atoms with Crippen molar-refractivity contribution in [3.8, 4) is 0 Å². The summed E-state index contributed by atoms with van der Waals surface area (Å²) in [5, 5.41) is 13.4. The number of nitrogens with zero attached hydrogens (tertiary/aromatic N) is 1. The highest BCUT2D eigenvalue weighted by atomic mass is 32.1. The Labute approximate surface area is 161 Å². The second-order valence-electron chi connectivity index (χ2n) is 7.38. The lowest BCUT2D eigenvalue weighted by molar-refractivity contribution is -0.153. The number of hydrogen-bond donors (Lipinski definition) is 2. The summed E-state index contributed by atoms with van der Waals surface area (Å²) in [4.78, 5) is 39.8. The Morgan fingerprint density at radius 2 is 1.63 bits per heavy atom. The SMILES string of the molecule is COC(C(=O)OC(C)(C)C)=C(C(=O)O)c1csc(NC(=O)OC(C)(C)C)n1. The number of hydrogen-bond acceptors (Lipinski definition) is 8. The number of methoxy groups -OCH3 is 1. The number of anilines is 1. The smallest absolute Gasteiger partial charge is 0.413 e. The number of thiazole rings is 1. The Bertz CT molecular complexity index is 754. The van der Waals surface area contributed by atoms with E-state index in [9.17, 15) is 19.5 Å². The van der Waals surface area contributed by atoms with E-state index in [4.69, 9.17) is 14.2 Å². The molecule has 0 saturated carbocycles. The predicted molar refractivity (Wildman–Crippen MR) is 99.4 cm³/mol. The maximum Gasteiger partial charge on any atom is 0.413 e. The Morgan fingerprint density at radius 3 is 2.07 bits per heavy atom. The first kappa shape index (κ1) is 22.4. The highest BCUT2D eigenvalue weighted by Gasteiger charge is 2.29. The number of carboxylic acid groups (broad SMARTS) is 1. The van der Waals surface area contributed by atoms with E-state index in [2.05, 4.69) is 10.3 Å². The van der Waals surface area contributed by atoms with E-state index in [1.165, 1.54) is 5.38 Å². The standard InChI is InChI=1S/C17H24N2O7S/c1-16(2,3)25-13(22)11(24-7)10(12(20)21)9-8-27-14(18-9)19-15(23)26-17(4,5)6/h8H,1-7H3,(H,20,21)(H,18,19,23). The molecule has 1 aromatic rings. The molecule has 0 spiro atoms. The first-order valence-electron chi connectivity index (χ1n) is 7.94. The predicted octanol–water partition coefficient (Wildman–Crippen LogP) is 3.27. The molecule has 0 aliphatic heterocycles. The van der Waals surface area contributed by atoms with Crippen molar-refractivity contribution < 1.29 is 33.7 Å². The number of carbonyl (C=O) groups excluding carboxylic acids is 2. The van der Waals surface area contributed by atoms with Crippen LogP contribution < -0.4 is 5.32 Å². The van der Waals surface area contributed by atoms with Gasteiger partial charge in [0.15, 0.2) is 5.13 Å². The summed E-state index contributed by atoms with van der Waals surface area (Å²) in [7, 11) is 1.16. The first-order valence-corrected chi connectivity index (χ1v) is 8.82. The number of nitrogens with one attached hydrogen (secondary N) is 1. The van der Waals surface area contributed by atoms with Crippen LogP contribution >= 0.6 is 11.3 Å². The minimum atomic E-state index is -1.42. The van der Waals surface area contributed by atoms with E-state index in [-0.39, 0.29) is 10.8 Å². The van der Waals surface area contributed by atoms with Crippen molar-refractivity contribution in [2.75, 3.05) is 12.4 Å². The van der Waals surface area contributed by atoms with Gasteiger partial charge < -0.3 is 19.3 Å². The van der Waals surface area contributed by atoms with Crippen molar-refractivity contribution >= 4 is 40.1 Å². The molecule has 1 heterocycles. The van der Waals surface area contributed by atoms with Crippen LogP contribution in [0.25, 0.3) is 5.57 Å². The van der Waals surface area contributed by atoms with Gasteiger partial charge >= 0.3 is 18.0 Å². The average Bonchev–Trinajstić information content (AvgIpc) is 2.87. The number of carboxylic acids is 1. The number of carbonyl (C=O) groups is 3. The fraction of sp³-hybridized carbons (Fsp3) is 0.529. The number of rotatable bonds is 5. The van der Waals surface area contributed by atoms with Crippen LogP contribution in [0.4, 0.5) is 9.93 Å². The van der Waals surface area contributed by atoms with Gasteiger partial charge in [-0.3, -0.25) is 5.32 Å². The molecule has 9 nitrogen and oxygen atoms in total. The highest BCUT2D eigenvalue weighted by Crippen LogP contribution is 2.26. The third kappa shape index (κ3) is 7.26. The van der Waals surface area contributed by atoms with Gasteiger partial charge in [-0.1, -0.05) is 0 Å². The summed E-state index contributed by atoms with van der Waals surface area (Å²) in [5.74, 6) is -2.85. The molecular weight excluding hydrogens is 376 g/mol. The number of aliphatic carboxylic acids is 1. The van der Waals surface area contributed by atoms with Crippen molar-refractivity contribution in [3.05, 3.63) is 16.8 Å². The number of amides is 1. The molecule has 0 atom stereocenters. The Morgan fingerprint density at radius 1 is 1.07 bits per heavy atom. The minimum Gasteiger partial charge on any atom is -0.489 e. The highest BCUT2D eigenvalue weighted by molar-refractivity contribution is 7.14. The Kier molecular flexibility index (Phi) is 6.96. The summed E-state index contributed by atoms with van der Waals surface area (Å²) >= 11 is 0.974. The van der Waals surface area contributed by atoms with E-state index < -0.39 is 40.6 Å². The topological polar surface area (TPSA) is 124 Å². The van der Waals surface area contributed by atoms with Crippen LogP contribution in [0.3, 0.4) is 0 Å². The molecule has 0 unspecified atom stereocenters. The van der Waals surface area contributed by atoms with Crippen molar-refractivity contribution in [1.82, 2.24) is 4.98 Å².